The molecule has 0 aromatic carbocycles. The third kappa shape index (κ3) is 8.63. The molecule has 2 N–H and O–H groups in total. The molecule has 0 fully saturated rings. The first-order chi connectivity index (χ1) is 8.93. The van der Waals surface area contributed by atoms with E-state index in [0.717, 1.165) is 5.75 Å². The van der Waals surface area contributed by atoms with Crippen LogP contribution in [0.3, 0.4) is 0 Å². The first-order valence-electron chi connectivity index (χ1n) is 6.16. The van der Waals surface area contributed by atoms with Gasteiger partial charge in [-0.15, -0.1) is 12.4 Å². The van der Waals surface area contributed by atoms with Gasteiger partial charge in [0.2, 0.25) is 11.8 Å². The van der Waals surface area contributed by atoms with Crippen molar-refractivity contribution in [3.05, 3.63) is 0 Å². The molecule has 0 spiro atoms. The van der Waals surface area contributed by atoms with E-state index in [-0.39, 0.29) is 30.8 Å². The number of nitrogens with two attached hydrogens (primary N) is 1. The molecule has 0 aliphatic heterocycles. The topological polar surface area (TPSA) is 75.9 Å². The number of halogens is 1. The lowest BCUT2D eigenvalue weighted by molar-refractivity contribution is -0.140. The Hall–Kier alpha value is -0.500. The predicted octanol–water partition coefficient (Wildman–Crippen LogP) is 0.0518. The smallest absolute Gasteiger partial charge is 0.241 e. The molecule has 0 saturated heterocycles. The summed E-state index contributed by atoms with van der Waals surface area (Å²) in [6.07, 6.45) is 2.58. The molecule has 6 nitrogen and oxygen atoms in total. The lowest BCUT2D eigenvalue weighted by atomic mass is 10.2. The van der Waals surface area contributed by atoms with E-state index in [1.54, 1.807) is 33.0 Å². The van der Waals surface area contributed by atoms with Crippen LogP contribution in [-0.4, -0.2) is 80.6 Å². The zero-order valence-electron chi connectivity index (χ0n) is 12.6. The molecule has 0 unspecified atom stereocenters. The van der Waals surface area contributed by atoms with Gasteiger partial charge >= 0.3 is 0 Å². The van der Waals surface area contributed by atoms with Gasteiger partial charge in [-0.2, -0.15) is 11.8 Å². The molecule has 20 heavy (non-hydrogen) atoms. The number of rotatable bonds is 9. The highest BCUT2D eigenvalue weighted by Gasteiger charge is 2.23. The van der Waals surface area contributed by atoms with E-state index in [0.29, 0.717) is 19.6 Å². The summed E-state index contributed by atoms with van der Waals surface area (Å²) in [4.78, 5) is 26.8. The van der Waals surface area contributed by atoms with Crippen molar-refractivity contribution in [2.45, 2.75) is 12.5 Å². The Labute approximate surface area is 131 Å². The third-order valence-corrected chi connectivity index (χ3v) is 3.30. The molecular formula is C12H26ClN3O3S. The summed E-state index contributed by atoms with van der Waals surface area (Å²) < 4.78 is 4.96. The summed E-state index contributed by atoms with van der Waals surface area (Å²) in [6, 6.07) is -0.556. The van der Waals surface area contributed by atoms with Gasteiger partial charge < -0.3 is 20.3 Å². The Morgan fingerprint density at radius 1 is 1.35 bits per heavy atom. The molecular weight excluding hydrogens is 302 g/mol. The molecule has 0 rings (SSSR count). The van der Waals surface area contributed by atoms with Crippen molar-refractivity contribution >= 4 is 36.0 Å². The number of amides is 2. The van der Waals surface area contributed by atoms with Gasteiger partial charge in [-0.3, -0.25) is 9.59 Å². The number of thioether (sulfide) groups is 1. The van der Waals surface area contributed by atoms with Crippen LogP contribution >= 0.6 is 24.2 Å². The maximum Gasteiger partial charge on any atom is 0.241 e. The monoisotopic (exact) mass is 327 g/mol. The summed E-state index contributed by atoms with van der Waals surface area (Å²) in [6.45, 7) is 0.811. The van der Waals surface area contributed by atoms with Crippen LogP contribution in [0, 0.1) is 0 Å². The normalized spacial score (nSPS) is 11.4. The van der Waals surface area contributed by atoms with E-state index in [1.807, 2.05) is 6.26 Å². The SMILES string of the molecule is COCCN(CC(=O)N(C)C)C(=O)[C@@H](N)CCSC.Cl. The van der Waals surface area contributed by atoms with Gasteiger partial charge in [0.15, 0.2) is 0 Å². The maximum atomic E-state index is 12.2. The Kier molecular flexibility index (Phi) is 13.4. The molecule has 120 valence electrons. The van der Waals surface area contributed by atoms with Gasteiger partial charge in [-0.1, -0.05) is 0 Å². The summed E-state index contributed by atoms with van der Waals surface area (Å²) in [5, 5.41) is 0. The molecule has 1 atom stereocenters. The van der Waals surface area contributed by atoms with E-state index in [9.17, 15) is 9.59 Å². The molecule has 0 saturated carbocycles. The molecule has 0 heterocycles. The molecule has 0 bridgehead atoms. The number of nitrogens with zero attached hydrogens (tertiary/aromatic N) is 2. The summed E-state index contributed by atoms with van der Waals surface area (Å²) in [7, 11) is 4.88. The van der Waals surface area contributed by atoms with Gasteiger partial charge in [-0.05, 0) is 18.4 Å². The largest absolute Gasteiger partial charge is 0.383 e. The Morgan fingerprint density at radius 2 is 1.95 bits per heavy atom. The highest BCUT2D eigenvalue weighted by Crippen LogP contribution is 2.03. The van der Waals surface area contributed by atoms with Crippen LogP contribution in [0.25, 0.3) is 0 Å². The number of carbonyl (C=O) groups is 2. The van der Waals surface area contributed by atoms with Crippen LogP contribution in [-0.2, 0) is 14.3 Å². The maximum absolute atomic E-state index is 12.2. The van der Waals surface area contributed by atoms with E-state index in [4.69, 9.17) is 10.5 Å². The quantitative estimate of drug-likeness (QED) is 0.647. The fourth-order valence-corrected chi connectivity index (χ4v) is 1.87. The van der Waals surface area contributed by atoms with Crippen LogP contribution in [0.15, 0.2) is 0 Å². The van der Waals surface area contributed by atoms with Crippen molar-refractivity contribution in [1.29, 1.82) is 0 Å². The van der Waals surface area contributed by atoms with Crippen LogP contribution in [0.4, 0.5) is 0 Å². The van der Waals surface area contributed by atoms with Crippen molar-refractivity contribution in [2.75, 3.05) is 52.9 Å². The van der Waals surface area contributed by atoms with Crippen molar-refractivity contribution in [3.8, 4) is 0 Å². The zero-order valence-corrected chi connectivity index (χ0v) is 14.3. The lowest BCUT2D eigenvalue weighted by Gasteiger charge is -2.26. The second kappa shape index (κ2) is 12.3. The van der Waals surface area contributed by atoms with E-state index in [1.165, 1.54) is 9.80 Å². The predicted molar refractivity (Wildman–Crippen MR) is 85.4 cm³/mol. The molecule has 0 radical (unpaired) electrons. The van der Waals surface area contributed by atoms with Crippen molar-refractivity contribution in [2.24, 2.45) is 5.73 Å². The highest BCUT2D eigenvalue weighted by molar-refractivity contribution is 7.98. The van der Waals surface area contributed by atoms with Crippen LogP contribution in [0.5, 0.6) is 0 Å². The zero-order chi connectivity index (χ0) is 14.8. The Balaban J connectivity index is 0. The van der Waals surface area contributed by atoms with Gasteiger partial charge in [0.1, 0.15) is 0 Å². The first-order valence-corrected chi connectivity index (χ1v) is 7.55. The van der Waals surface area contributed by atoms with Crippen LogP contribution in [0.2, 0.25) is 0 Å². The summed E-state index contributed by atoms with van der Waals surface area (Å²) in [5.74, 6) is 0.509. The number of methoxy groups -OCH3 is 1. The van der Waals surface area contributed by atoms with Gasteiger partial charge in [0.25, 0.3) is 0 Å². The molecule has 8 heteroatoms. The fraction of sp³-hybridized carbons (Fsp3) is 0.833. The van der Waals surface area contributed by atoms with Crippen molar-refractivity contribution < 1.29 is 14.3 Å². The molecule has 0 aromatic heterocycles. The third-order valence-electron chi connectivity index (χ3n) is 2.65. The van der Waals surface area contributed by atoms with Crippen LogP contribution in [0.1, 0.15) is 6.42 Å². The number of hydrogen-bond acceptors (Lipinski definition) is 5. The molecule has 0 aromatic rings. The lowest BCUT2D eigenvalue weighted by Crippen LogP contribution is -2.49. The second-order valence-corrected chi connectivity index (χ2v) is 5.41. The molecule has 2 amide bonds. The summed E-state index contributed by atoms with van der Waals surface area (Å²) in [5.41, 5.74) is 5.86. The Bertz CT molecular complexity index is 293. The van der Waals surface area contributed by atoms with Crippen molar-refractivity contribution in [1.82, 2.24) is 9.80 Å². The van der Waals surface area contributed by atoms with Gasteiger partial charge in [-0.25, -0.2) is 0 Å². The number of carbonyl (C=O) groups excluding carboxylic acids is 2. The van der Waals surface area contributed by atoms with E-state index < -0.39 is 6.04 Å². The summed E-state index contributed by atoms with van der Waals surface area (Å²) >= 11 is 1.65. The second-order valence-electron chi connectivity index (χ2n) is 4.43. The average molecular weight is 328 g/mol. The highest BCUT2D eigenvalue weighted by atomic mass is 35.5. The van der Waals surface area contributed by atoms with Crippen LogP contribution < -0.4 is 5.73 Å². The molecule has 0 aliphatic rings. The minimum atomic E-state index is -0.556. The number of hydrogen-bond donors (Lipinski definition) is 1. The number of ether oxygens (including phenoxy) is 1. The van der Waals surface area contributed by atoms with Crippen molar-refractivity contribution in [3.63, 3.8) is 0 Å². The Morgan fingerprint density at radius 3 is 2.40 bits per heavy atom. The first kappa shape index (κ1) is 21.8. The average Bonchev–Trinajstić information content (AvgIpc) is 2.39. The van der Waals surface area contributed by atoms with Gasteiger partial charge in [0.05, 0.1) is 19.2 Å². The van der Waals surface area contributed by atoms with E-state index >= 15 is 0 Å². The molecule has 0 aliphatic carbocycles. The minimum absolute atomic E-state index is 0. The van der Waals surface area contributed by atoms with Gasteiger partial charge in [0, 0.05) is 27.7 Å². The standard InChI is InChI=1S/C12H25N3O3S.ClH/c1-14(2)11(16)9-15(6-7-18-3)12(17)10(13)5-8-19-4;/h10H,5-9,13H2,1-4H3;1H/t10-;/m0./s1. The fourth-order valence-electron chi connectivity index (χ4n) is 1.38. The number of likely N-dealkylation sites (N-methyl/N-ethyl adjacent to an activating group) is 1. The minimum Gasteiger partial charge on any atom is -0.383 e. The van der Waals surface area contributed by atoms with E-state index in [2.05, 4.69) is 0 Å².